The van der Waals surface area contributed by atoms with Crippen LogP contribution in [-0.2, 0) is 4.79 Å². The summed E-state index contributed by atoms with van der Waals surface area (Å²) in [6.45, 7) is 5.97. The Balaban J connectivity index is 2.35. The van der Waals surface area contributed by atoms with Gasteiger partial charge in [0.15, 0.2) is 0 Å². The molecule has 17 heavy (non-hydrogen) atoms. The Bertz CT molecular complexity index is 362. The predicted molar refractivity (Wildman–Crippen MR) is 69.6 cm³/mol. The van der Waals surface area contributed by atoms with E-state index in [1.165, 1.54) is 5.56 Å². The Kier molecular flexibility index (Phi) is 5.29. The second-order valence-corrected chi connectivity index (χ2v) is 4.80. The van der Waals surface area contributed by atoms with Gasteiger partial charge in [-0.3, -0.25) is 4.79 Å². The van der Waals surface area contributed by atoms with E-state index in [2.05, 4.69) is 5.32 Å². The number of carbonyl (C=O) groups excluding carboxylic acids is 1. The molecule has 0 aromatic heterocycles. The van der Waals surface area contributed by atoms with Gasteiger partial charge in [-0.25, -0.2) is 0 Å². The first-order chi connectivity index (χ1) is 7.99. The molecule has 1 aromatic carbocycles. The second-order valence-electron chi connectivity index (χ2n) is 4.15. The average Bonchev–Trinajstić information content (AvgIpc) is 2.28. The van der Waals surface area contributed by atoms with Crippen LogP contribution >= 0.6 is 11.6 Å². The van der Waals surface area contributed by atoms with Crippen molar-refractivity contribution >= 4 is 17.5 Å². The van der Waals surface area contributed by atoms with Crippen LogP contribution in [0.4, 0.5) is 0 Å². The third kappa shape index (κ3) is 5.09. The van der Waals surface area contributed by atoms with E-state index in [4.69, 9.17) is 16.3 Å². The highest BCUT2D eigenvalue weighted by Gasteiger charge is 2.12. The lowest BCUT2D eigenvalue weighted by atomic mass is 10.2. The summed E-state index contributed by atoms with van der Waals surface area (Å²) in [5.41, 5.74) is 1.19. The van der Waals surface area contributed by atoms with Gasteiger partial charge in [0.25, 0.3) is 0 Å². The number of amides is 1. The summed E-state index contributed by atoms with van der Waals surface area (Å²) in [5.74, 6) is 0.627. The molecule has 0 bridgehead atoms. The number of hydrogen-bond acceptors (Lipinski definition) is 2. The van der Waals surface area contributed by atoms with Crippen LogP contribution in [0, 0.1) is 6.92 Å². The van der Waals surface area contributed by atoms with Gasteiger partial charge in [-0.05, 0) is 32.9 Å². The number of carbonyl (C=O) groups is 1. The minimum absolute atomic E-state index is 0.0648. The zero-order chi connectivity index (χ0) is 12.8. The zero-order valence-corrected chi connectivity index (χ0v) is 11.1. The van der Waals surface area contributed by atoms with Crippen LogP contribution in [0.1, 0.15) is 19.4 Å². The first-order valence-corrected chi connectivity index (χ1v) is 6.06. The fraction of sp³-hybridized carbons (Fsp3) is 0.462. The van der Waals surface area contributed by atoms with Gasteiger partial charge < -0.3 is 10.1 Å². The maximum Gasteiger partial charge on any atom is 0.238 e. The summed E-state index contributed by atoms with van der Waals surface area (Å²) in [5, 5.41) is 2.25. The van der Waals surface area contributed by atoms with E-state index in [-0.39, 0.29) is 11.9 Å². The largest absolute Gasteiger partial charge is 0.491 e. The van der Waals surface area contributed by atoms with Gasteiger partial charge in [-0.1, -0.05) is 17.7 Å². The van der Waals surface area contributed by atoms with Crippen molar-refractivity contribution in [1.29, 1.82) is 0 Å². The second kappa shape index (κ2) is 6.50. The molecular weight excluding hydrogens is 238 g/mol. The van der Waals surface area contributed by atoms with Crippen molar-refractivity contribution < 1.29 is 9.53 Å². The van der Waals surface area contributed by atoms with Gasteiger partial charge in [0, 0.05) is 0 Å². The summed E-state index contributed by atoms with van der Waals surface area (Å²) < 4.78 is 5.55. The van der Waals surface area contributed by atoms with Gasteiger partial charge in [0.1, 0.15) is 17.7 Å². The van der Waals surface area contributed by atoms with Crippen LogP contribution in [0.2, 0.25) is 0 Å². The highest BCUT2D eigenvalue weighted by atomic mass is 35.5. The monoisotopic (exact) mass is 255 g/mol. The molecule has 1 rings (SSSR count). The molecule has 0 aliphatic carbocycles. The molecular formula is C13H18ClNO2. The third-order valence-electron chi connectivity index (χ3n) is 2.27. The van der Waals surface area contributed by atoms with Gasteiger partial charge in [0.2, 0.25) is 5.91 Å². The van der Waals surface area contributed by atoms with E-state index in [1.54, 1.807) is 6.92 Å². The predicted octanol–water partition coefficient (Wildman–Crippen LogP) is 2.51. The number of benzene rings is 1. The Morgan fingerprint density at radius 3 is 2.47 bits per heavy atom. The first-order valence-electron chi connectivity index (χ1n) is 5.63. The molecule has 0 radical (unpaired) electrons. The van der Waals surface area contributed by atoms with Crippen LogP contribution in [0.15, 0.2) is 24.3 Å². The van der Waals surface area contributed by atoms with Crippen molar-refractivity contribution in [2.24, 2.45) is 0 Å². The molecule has 94 valence electrons. The number of ether oxygens (including phenoxy) is 1. The smallest absolute Gasteiger partial charge is 0.238 e. The number of hydrogen-bond donors (Lipinski definition) is 1. The van der Waals surface area contributed by atoms with Crippen LogP contribution in [0.3, 0.4) is 0 Å². The molecule has 0 saturated heterocycles. The normalized spacial score (nSPS) is 13.9. The van der Waals surface area contributed by atoms with E-state index < -0.39 is 5.38 Å². The standard InChI is InChI=1S/C13H18ClNO2/c1-9-4-6-12(7-5-9)17-8-10(2)15-13(16)11(3)14/h4-7,10-11H,8H2,1-3H3,(H,15,16). The Morgan fingerprint density at radius 2 is 1.94 bits per heavy atom. The van der Waals surface area contributed by atoms with Gasteiger partial charge in [-0.15, -0.1) is 11.6 Å². The van der Waals surface area contributed by atoms with Crippen LogP contribution in [-0.4, -0.2) is 23.9 Å². The maximum atomic E-state index is 11.3. The van der Waals surface area contributed by atoms with Gasteiger partial charge >= 0.3 is 0 Å². The highest BCUT2D eigenvalue weighted by molar-refractivity contribution is 6.30. The van der Waals surface area contributed by atoms with E-state index in [0.29, 0.717) is 6.61 Å². The van der Waals surface area contributed by atoms with Crippen molar-refractivity contribution in [3.63, 3.8) is 0 Å². The summed E-state index contributed by atoms with van der Waals surface area (Å²) in [7, 11) is 0. The molecule has 2 unspecified atom stereocenters. The highest BCUT2D eigenvalue weighted by Crippen LogP contribution is 2.11. The molecule has 1 aromatic rings. The van der Waals surface area contributed by atoms with Crippen LogP contribution < -0.4 is 10.1 Å². The molecule has 0 aliphatic heterocycles. The first kappa shape index (κ1) is 13.8. The average molecular weight is 256 g/mol. The number of halogens is 1. The molecule has 0 heterocycles. The minimum Gasteiger partial charge on any atom is -0.491 e. The summed E-state index contributed by atoms with van der Waals surface area (Å²) >= 11 is 5.65. The molecule has 0 saturated carbocycles. The van der Waals surface area contributed by atoms with E-state index in [0.717, 1.165) is 5.75 Å². The van der Waals surface area contributed by atoms with Crippen molar-refractivity contribution in [1.82, 2.24) is 5.32 Å². The third-order valence-corrected chi connectivity index (χ3v) is 2.47. The molecule has 4 heteroatoms. The number of aryl methyl sites for hydroxylation is 1. The topological polar surface area (TPSA) is 38.3 Å². The maximum absolute atomic E-state index is 11.3. The lowest BCUT2D eigenvalue weighted by Gasteiger charge is -2.15. The van der Waals surface area contributed by atoms with Gasteiger partial charge in [0.05, 0.1) is 6.04 Å². The minimum atomic E-state index is -0.517. The van der Waals surface area contributed by atoms with Crippen molar-refractivity contribution in [2.75, 3.05) is 6.61 Å². The number of nitrogens with one attached hydrogen (secondary N) is 1. The molecule has 1 N–H and O–H groups in total. The summed E-state index contributed by atoms with van der Waals surface area (Å²) in [4.78, 5) is 11.3. The fourth-order valence-corrected chi connectivity index (χ4v) is 1.32. The van der Waals surface area contributed by atoms with Crippen LogP contribution in [0.5, 0.6) is 5.75 Å². The van der Waals surface area contributed by atoms with Crippen molar-refractivity contribution in [3.05, 3.63) is 29.8 Å². The summed E-state index contributed by atoms with van der Waals surface area (Å²) in [6.07, 6.45) is 0. The Morgan fingerprint density at radius 1 is 1.35 bits per heavy atom. The fourth-order valence-electron chi connectivity index (χ4n) is 1.26. The molecule has 3 nitrogen and oxygen atoms in total. The summed E-state index contributed by atoms with van der Waals surface area (Å²) in [6, 6.07) is 7.73. The Hall–Kier alpha value is -1.22. The lowest BCUT2D eigenvalue weighted by Crippen LogP contribution is -2.40. The molecule has 0 aliphatic rings. The Labute approximate surface area is 107 Å². The molecule has 2 atom stereocenters. The van der Waals surface area contributed by atoms with Crippen LogP contribution in [0.25, 0.3) is 0 Å². The van der Waals surface area contributed by atoms with Crippen molar-refractivity contribution in [3.8, 4) is 5.75 Å². The quantitative estimate of drug-likeness (QED) is 0.821. The lowest BCUT2D eigenvalue weighted by molar-refractivity contribution is -0.121. The zero-order valence-electron chi connectivity index (χ0n) is 10.4. The molecule has 1 amide bonds. The van der Waals surface area contributed by atoms with E-state index in [1.807, 2.05) is 38.1 Å². The molecule has 0 spiro atoms. The van der Waals surface area contributed by atoms with Crippen molar-refractivity contribution in [2.45, 2.75) is 32.2 Å². The van der Waals surface area contributed by atoms with E-state index >= 15 is 0 Å². The number of alkyl halides is 1. The number of rotatable bonds is 5. The SMILES string of the molecule is Cc1ccc(OCC(C)NC(=O)C(C)Cl)cc1. The van der Waals surface area contributed by atoms with E-state index in [9.17, 15) is 4.79 Å². The molecule has 0 fully saturated rings. The van der Waals surface area contributed by atoms with Gasteiger partial charge in [-0.2, -0.15) is 0 Å².